The van der Waals surface area contributed by atoms with Gasteiger partial charge in [0.25, 0.3) is 5.91 Å². The smallest absolute Gasteiger partial charge is 0.290 e. The van der Waals surface area contributed by atoms with E-state index in [0.29, 0.717) is 17.9 Å². The first-order valence-corrected chi connectivity index (χ1v) is 10.0. The number of ether oxygens (including phenoxy) is 1. The van der Waals surface area contributed by atoms with Crippen molar-refractivity contribution in [2.24, 2.45) is 0 Å². The summed E-state index contributed by atoms with van der Waals surface area (Å²) in [7, 11) is 0. The third-order valence-corrected chi connectivity index (χ3v) is 4.84. The maximum Gasteiger partial charge on any atom is 0.290 e. The molecule has 1 amide bonds. The van der Waals surface area contributed by atoms with Gasteiger partial charge in [0.05, 0.1) is 24.0 Å². The van der Waals surface area contributed by atoms with Crippen LogP contribution in [0.1, 0.15) is 62.2 Å². The molecule has 2 aromatic rings. The molecule has 0 saturated heterocycles. The average molecular weight is 397 g/mol. The summed E-state index contributed by atoms with van der Waals surface area (Å²) < 4.78 is 11.0. The summed E-state index contributed by atoms with van der Waals surface area (Å²) in [6.45, 7) is 6.39. The van der Waals surface area contributed by atoms with Crippen molar-refractivity contribution in [2.45, 2.75) is 52.2 Å². The number of furan rings is 1. The van der Waals surface area contributed by atoms with Gasteiger partial charge in [-0.25, -0.2) is 0 Å². The van der Waals surface area contributed by atoms with Crippen LogP contribution in [0.2, 0.25) is 0 Å². The predicted octanol–water partition coefficient (Wildman–Crippen LogP) is 4.84. The molecule has 1 atom stereocenters. The van der Waals surface area contributed by atoms with Crippen LogP contribution in [0.15, 0.2) is 58.4 Å². The zero-order chi connectivity index (χ0) is 21.0. The van der Waals surface area contributed by atoms with Gasteiger partial charge in [-0.15, -0.1) is 0 Å². The number of carbonyl (C=O) groups is 2. The van der Waals surface area contributed by atoms with Gasteiger partial charge in [0, 0.05) is 6.54 Å². The molecule has 0 spiro atoms. The number of aliphatic hydroxyl groups is 1. The van der Waals surface area contributed by atoms with Crippen molar-refractivity contribution in [1.29, 1.82) is 0 Å². The molecule has 1 unspecified atom stereocenters. The molecule has 1 aliphatic rings. The van der Waals surface area contributed by atoms with E-state index >= 15 is 0 Å². The molecule has 1 aliphatic heterocycles. The van der Waals surface area contributed by atoms with Crippen LogP contribution in [-0.2, 0) is 4.79 Å². The fourth-order valence-electron chi connectivity index (χ4n) is 3.57. The minimum Gasteiger partial charge on any atom is -0.503 e. The lowest BCUT2D eigenvalue weighted by molar-refractivity contribution is -0.129. The van der Waals surface area contributed by atoms with Crippen LogP contribution in [0, 0.1) is 0 Å². The summed E-state index contributed by atoms with van der Waals surface area (Å²) in [4.78, 5) is 27.5. The average Bonchev–Trinajstić information content (AvgIpc) is 3.30. The first-order valence-electron chi connectivity index (χ1n) is 10.0. The van der Waals surface area contributed by atoms with Gasteiger partial charge in [-0.05, 0) is 50.1 Å². The molecule has 0 radical (unpaired) electrons. The number of aliphatic hydroxyl groups excluding tert-OH is 1. The van der Waals surface area contributed by atoms with Gasteiger partial charge in [0.15, 0.2) is 11.5 Å². The van der Waals surface area contributed by atoms with Crippen molar-refractivity contribution in [3.63, 3.8) is 0 Å². The minimum atomic E-state index is -0.687. The number of amides is 1. The zero-order valence-electron chi connectivity index (χ0n) is 17.1. The van der Waals surface area contributed by atoms with Crippen molar-refractivity contribution in [3.8, 4) is 5.75 Å². The molecule has 154 valence electrons. The Morgan fingerprint density at radius 3 is 2.69 bits per heavy atom. The fraction of sp³-hybridized carbons (Fsp3) is 0.391. The highest BCUT2D eigenvalue weighted by atomic mass is 16.5. The van der Waals surface area contributed by atoms with Crippen molar-refractivity contribution in [3.05, 3.63) is 65.3 Å². The lowest BCUT2D eigenvalue weighted by Crippen LogP contribution is -2.32. The molecule has 1 aromatic heterocycles. The standard InChI is InChI=1S/C23H27NO5/c1-4-5-6-12-24-20(16-9-7-10-17(14-16)29-15(2)3)19(22(26)23(24)27)21(25)18-11-8-13-28-18/h7-11,13-15,20,26H,4-6,12H2,1-3H3. The van der Waals surface area contributed by atoms with E-state index in [0.717, 1.165) is 19.3 Å². The van der Waals surface area contributed by atoms with E-state index in [-0.39, 0.29) is 17.4 Å². The monoisotopic (exact) mass is 397 g/mol. The highest BCUT2D eigenvalue weighted by Gasteiger charge is 2.44. The van der Waals surface area contributed by atoms with Gasteiger partial charge in [-0.1, -0.05) is 31.9 Å². The molecule has 0 saturated carbocycles. The number of hydrogen-bond donors (Lipinski definition) is 1. The second-order valence-corrected chi connectivity index (χ2v) is 7.42. The Morgan fingerprint density at radius 1 is 1.24 bits per heavy atom. The maximum atomic E-state index is 13.1. The zero-order valence-corrected chi connectivity index (χ0v) is 17.1. The van der Waals surface area contributed by atoms with Crippen LogP contribution in [0.4, 0.5) is 0 Å². The van der Waals surface area contributed by atoms with Gasteiger partial charge < -0.3 is 19.2 Å². The molecule has 6 heteroatoms. The molecule has 0 aliphatic carbocycles. The van der Waals surface area contributed by atoms with Crippen molar-refractivity contribution in [2.75, 3.05) is 6.54 Å². The summed E-state index contributed by atoms with van der Waals surface area (Å²) in [5.41, 5.74) is 0.759. The Labute approximate surface area is 170 Å². The molecular formula is C23H27NO5. The van der Waals surface area contributed by atoms with E-state index in [1.807, 2.05) is 38.1 Å². The Bertz CT molecular complexity index is 898. The third-order valence-electron chi connectivity index (χ3n) is 4.84. The second-order valence-electron chi connectivity index (χ2n) is 7.42. The van der Waals surface area contributed by atoms with Gasteiger partial charge in [0.2, 0.25) is 5.78 Å². The summed E-state index contributed by atoms with van der Waals surface area (Å²) in [6.07, 6.45) is 4.13. The summed E-state index contributed by atoms with van der Waals surface area (Å²) in [6, 6.07) is 9.76. The SMILES string of the molecule is CCCCCN1C(=O)C(O)=C(C(=O)c2ccco2)C1c1cccc(OC(C)C)c1. The van der Waals surface area contributed by atoms with E-state index in [1.54, 1.807) is 11.0 Å². The van der Waals surface area contributed by atoms with Crippen LogP contribution in [0.25, 0.3) is 0 Å². The molecule has 2 heterocycles. The summed E-state index contributed by atoms with van der Waals surface area (Å²) >= 11 is 0. The van der Waals surface area contributed by atoms with Crippen molar-refractivity contribution >= 4 is 11.7 Å². The molecular weight excluding hydrogens is 370 g/mol. The summed E-state index contributed by atoms with van der Waals surface area (Å²) in [5, 5.41) is 10.6. The number of carbonyl (C=O) groups excluding carboxylic acids is 2. The molecule has 1 N–H and O–H groups in total. The van der Waals surface area contributed by atoms with Crippen LogP contribution < -0.4 is 4.74 Å². The third kappa shape index (κ3) is 4.36. The topological polar surface area (TPSA) is 80.0 Å². The Morgan fingerprint density at radius 2 is 2.03 bits per heavy atom. The highest BCUT2D eigenvalue weighted by molar-refractivity contribution is 6.15. The second kappa shape index (κ2) is 8.99. The van der Waals surface area contributed by atoms with E-state index in [4.69, 9.17) is 9.15 Å². The van der Waals surface area contributed by atoms with Crippen molar-refractivity contribution < 1.29 is 23.8 Å². The highest BCUT2D eigenvalue weighted by Crippen LogP contribution is 2.40. The molecule has 6 nitrogen and oxygen atoms in total. The molecule has 0 fully saturated rings. The first-order chi connectivity index (χ1) is 13.9. The molecule has 0 bridgehead atoms. The maximum absolute atomic E-state index is 13.1. The number of ketones is 1. The van der Waals surface area contributed by atoms with E-state index in [9.17, 15) is 14.7 Å². The van der Waals surface area contributed by atoms with E-state index < -0.39 is 23.5 Å². The van der Waals surface area contributed by atoms with Gasteiger partial charge in [-0.3, -0.25) is 9.59 Å². The van der Waals surface area contributed by atoms with Gasteiger partial charge >= 0.3 is 0 Å². The normalized spacial score (nSPS) is 16.8. The van der Waals surface area contributed by atoms with Gasteiger partial charge in [-0.2, -0.15) is 0 Å². The van der Waals surface area contributed by atoms with E-state index in [1.165, 1.54) is 12.3 Å². The Balaban J connectivity index is 2.03. The lowest BCUT2D eigenvalue weighted by Gasteiger charge is -2.27. The Hall–Kier alpha value is -3.02. The number of nitrogens with zero attached hydrogens (tertiary/aromatic N) is 1. The fourth-order valence-corrected chi connectivity index (χ4v) is 3.57. The van der Waals surface area contributed by atoms with Crippen LogP contribution in [0.5, 0.6) is 5.75 Å². The molecule has 3 rings (SSSR count). The molecule has 29 heavy (non-hydrogen) atoms. The van der Waals surface area contributed by atoms with Crippen LogP contribution in [0.3, 0.4) is 0 Å². The largest absolute Gasteiger partial charge is 0.503 e. The lowest BCUT2D eigenvalue weighted by atomic mass is 9.94. The number of unbranched alkanes of at least 4 members (excludes halogenated alkanes) is 2. The minimum absolute atomic E-state index is 0.00992. The van der Waals surface area contributed by atoms with Gasteiger partial charge in [0.1, 0.15) is 5.75 Å². The summed E-state index contributed by atoms with van der Waals surface area (Å²) in [5.74, 6) is -0.790. The first kappa shape index (κ1) is 20.7. The number of Topliss-reactive ketones (excluding diaryl/α,β-unsaturated/α-hetero) is 1. The quantitative estimate of drug-likeness (QED) is 0.484. The molecule has 1 aromatic carbocycles. The van der Waals surface area contributed by atoms with E-state index in [2.05, 4.69) is 6.92 Å². The number of benzene rings is 1. The predicted molar refractivity (Wildman–Crippen MR) is 109 cm³/mol. The number of rotatable bonds is 9. The Kier molecular flexibility index (Phi) is 6.42. The van der Waals surface area contributed by atoms with Crippen LogP contribution in [-0.4, -0.2) is 34.3 Å². The van der Waals surface area contributed by atoms with Crippen LogP contribution >= 0.6 is 0 Å². The number of hydrogen-bond acceptors (Lipinski definition) is 5. The van der Waals surface area contributed by atoms with Crippen molar-refractivity contribution in [1.82, 2.24) is 4.90 Å².